The summed E-state index contributed by atoms with van der Waals surface area (Å²) in [7, 11) is 0. The Morgan fingerprint density at radius 2 is 2.12 bits per heavy atom. The largest absolute Gasteiger partial charge is 0.488 e. The molecule has 2 atom stereocenters. The average molecular weight is 235 g/mol. The van der Waals surface area contributed by atoms with Gasteiger partial charge in [-0.05, 0) is 31.4 Å². The van der Waals surface area contributed by atoms with Crippen molar-refractivity contribution in [2.45, 2.75) is 37.9 Å². The number of ether oxygens (including phenoxy) is 1. The van der Waals surface area contributed by atoms with Gasteiger partial charge in [0.1, 0.15) is 23.7 Å². The second-order valence-corrected chi connectivity index (χ2v) is 4.26. The van der Waals surface area contributed by atoms with E-state index in [0.29, 0.717) is 5.75 Å². The minimum atomic E-state index is -0.588. The van der Waals surface area contributed by atoms with Crippen molar-refractivity contribution < 1.29 is 14.2 Å². The topological polar surface area (TPSA) is 53.2 Å². The molecule has 0 saturated heterocycles. The van der Waals surface area contributed by atoms with Gasteiger partial charge in [0.2, 0.25) is 0 Å². The molecular weight excluding hydrogens is 221 g/mol. The van der Waals surface area contributed by atoms with Crippen LogP contribution in [0, 0.1) is 17.1 Å². The van der Waals surface area contributed by atoms with Crippen molar-refractivity contribution >= 4 is 0 Å². The molecule has 1 aliphatic rings. The lowest BCUT2D eigenvalue weighted by Gasteiger charge is -2.28. The van der Waals surface area contributed by atoms with E-state index in [1.165, 1.54) is 12.1 Å². The van der Waals surface area contributed by atoms with Crippen LogP contribution in [0.25, 0.3) is 0 Å². The summed E-state index contributed by atoms with van der Waals surface area (Å²) < 4.78 is 18.9. The summed E-state index contributed by atoms with van der Waals surface area (Å²) >= 11 is 0. The molecule has 0 heterocycles. The van der Waals surface area contributed by atoms with Crippen LogP contribution >= 0.6 is 0 Å². The molecule has 2 rings (SSSR count). The van der Waals surface area contributed by atoms with Gasteiger partial charge >= 0.3 is 0 Å². The first-order chi connectivity index (χ1) is 8.20. The Kier molecular flexibility index (Phi) is 3.60. The molecule has 0 bridgehead atoms. The third kappa shape index (κ3) is 2.75. The molecule has 1 N–H and O–H groups in total. The van der Waals surface area contributed by atoms with Crippen molar-refractivity contribution in [1.29, 1.82) is 5.26 Å². The zero-order chi connectivity index (χ0) is 12.3. The molecule has 1 saturated carbocycles. The molecular formula is C13H14FNO2. The summed E-state index contributed by atoms with van der Waals surface area (Å²) in [5.74, 6) is -0.220. The molecule has 1 aromatic carbocycles. The van der Waals surface area contributed by atoms with Crippen molar-refractivity contribution in [2.24, 2.45) is 0 Å². The zero-order valence-electron chi connectivity index (χ0n) is 9.40. The van der Waals surface area contributed by atoms with Gasteiger partial charge in [0.15, 0.2) is 0 Å². The molecule has 0 radical (unpaired) electrons. The molecule has 0 amide bonds. The Balaban J connectivity index is 2.08. The summed E-state index contributed by atoms with van der Waals surface area (Å²) in [5, 5.41) is 18.3. The van der Waals surface area contributed by atoms with Crippen molar-refractivity contribution in [3.8, 4) is 11.8 Å². The Morgan fingerprint density at radius 3 is 2.76 bits per heavy atom. The van der Waals surface area contributed by atoms with Crippen LogP contribution in [-0.4, -0.2) is 17.3 Å². The third-order valence-corrected chi connectivity index (χ3v) is 3.02. The lowest BCUT2D eigenvalue weighted by molar-refractivity contribution is 0.00672. The van der Waals surface area contributed by atoms with E-state index in [4.69, 9.17) is 10.00 Å². The Hall–Kier alpha value is -1.60. The highest BCUT2D eigenvalue weighted by Gasteiger charge is 2.24. The van der Waals surface area contributed by atoms with Gasteiger partial charge in [-0.2, -0.15) is 5.26 Å². The molecule has 0 unspecified atom stereocenters. The highest BCUT2D eigenvalue weighted by atomic mass is 19.1. The number of hydrogen-bond acceptors (Lipinski definition) is 3. The number of benzene rings is 1. The first kappa shape index (κ1) is 11.9. The number of nitriles is 1. The molecule has 0 spiro atoms. The standard InChI is InChI=1S/C13H14FNO2/c14-11-7-10(6-5-9(11)8-15)17-13-4-2-1-3-12(13)16/h5-7,12-13,16H,1-4H2/t12-,13-/m0/s1. The summed E-state index contributed by atoms with van der Waals surface area (Å²) in [6, 6.07) is 5.90. The summed E-state index contributed by atoms with van der Waals surface area (Å²) in [5.41, 5.74) is 0.00143. The second-order valence-electron chi connectivity index (χ2n) is 4.26. The van der Waals surface area contributed by atoms with E-state index >= 15 is 0 Å². The highest BCUT2D eigenvalue weighted by Crippen LogP contribution is 2.25. The highest BCUT2D eigenvalue weighted by molar-refractivity contribution is 5.36. The maximum atomic E-state index is 13.3. The van der Waals surface area contributed by atoms with E-state index in [9.17, 15) is 9.50 Å². The molecule has 4 heteroatoms. The van der Waals surface area contributed by atoms with Crippen LogP contribution in [0.4, 0.5) is 4.39 Å². The summed E-state index contributed by atoms with van der Waals surface area (Å²) in [6.45, 7) is 0. The first-order valence-electron chi connectivity index (χ1n) is 5.75. The molecule has 1 aliphatic carbocycles. The van der Waals surface area contributed by atoms with E-state index < -0.39 is 11.9 Å². The van der Waals surface area contributed by atoms with Gasteiger partial charge in [-0.15, -0.1) is 0 Å². The Morgan fingerprint density at radius 1 is 1.35 bits per heavy atom. The fourth-order valence-corrected chi connectivity index (χ4v) is 2.05. The fourth-order valence-electron chi connectivity index (χ4n) is 2.05. The minimum absolute atomic E-state index is 0.00143. The van der Waals surface area contributed by atoms with Gasteiger partial charge in [-0.25, -0.2) is 4.39 Å². The molecule has 0 aliphatic heterocycles. The van der Waals surface area contributed by atoms with Gasteiger partial charge < -0.3 is 9.84 Å². The van der Waals surface area contributed by atoms with Crippen LogP contribution in [0.5, 0.6) is 5.75 Å². The van der Waals surface area contributed by atoms with Crippen LogP contribution in [-0.2, 0) is 0 Å². The Labute approximate surface area is 99.4 Å². The maximum Gasteiger partial charge on any atom is 0.144 e. The normalized spacial score (nSPS) is 24.1. The quantitative estimate of drug-likeness (QED) is 0.856. The van der Waals surface area contributed by atoms with Crippen LogP contribution in [0.1, 0.15) is 31.2 Å². The first-order valence-corrected chi connectivity index (χ1v) is 5.75. The molecule has 0 aromatic heterocycles. The molecule has 1 aromatic rings. The Bertz CT molecular complexity index is 442. The lowest BCUT2D eigenvalue weighted by Crippen LogP contribution is -2.34. The SMILES string of the molecule is N#Cc1ccc(O[C@H]2CCCC[C@@H]2O)cc1F. The van der Waals surface area contributed by atoms with E-state index in [0.717, 1.165) is 25.7 Å². The number of rotatable bonds is 2. The van der Waals surface area contributed by atoms with Gasteiger partial charge in [0, 0.05) is 6.07 Å². The molecule has 17 heavy (non-hydrogen) atoms. The summed E-state index contributed by atoms with van der Waals surface area (Å²) in [4.78, 5) is 0. The van der Waals surface area contributed by atoms with Gasteiger partial charge in [0.05, 0.1) is 11.7 Å². The van der Waals surface area contributed by atoms with Crippen molar-refractivity contribution in [2.75, 3.05) is 0 Å². The predicted octanol–water partition coefficient (Wildman–Crippen LogP) is 2.38. The maximum absolute atomic E-state index is 13.3. The molecule has 1 fully saturated rings. The monoisotopic (exact) mass is 235 g/mol. The van der Waals surface area contributed by atoms with E-state index in [-0.39, 0.29) is 11.7 Å². The van der Waals surface area contributed by atoms with Gasteiger partial charge in [-0.3, -0.25) is 0 Å². The molecule has 90 valence electrons. The fraction of sp³-hybridized carbons (Fsp3) is 0.462. The predicted molar refractivity (Wildman–Crippen MR) is 60.0 cm³/mol. The van der Waals surface area contributed by atoms with Gasteiger partial charge in [0.25, 0.3) is 0 Å². The van der Waals surface area contributed by atoms with E-state index in [1.54, 1.807) is 12.1 Å². The average Bonchev–Trinajstić information content (AvgIpc) is 2.32. The number of halogens is 1. The van der Waals surface area contributed by atoms with E-state index in [1.807, 2.05) is 0 Å². The van der Waals surface area contributed by atoms with Crippen molar-refractivity contribution in [3.63, 3.8) is 0 Å². The number of aliphatic hydroxyl groups is 1. The van der Waals surface area contributed by atoms with Crippen LogP contribution < -0.4 is 4.74 Å². The smallest absolute Gasteiger partial charge is 0.144 e. The van der Waals surface area contributed by atoms with Crippen LogP contribution in [0.3, 0.4) is 0 Å². The van der Waals surface area contributed by atoms with Crippen LogP contribution in [0.2, 0.25) is 0 Å². The van der Waals surface area contributed by atoms with Crippen molar-refractivity contribution in [3.05, 3.63) is 29.6 Å². The van der Waals surface area contributed by atoms with Crippen LogP contribution in [0.15, 0.2) is 18.2 Å². The zero-order valence-corrected chi connectivity index (χ0v) is 9.40. The van der Waals surface area contributed by atoms with Crippen molar-refractivity contribution in [1.82, 2.24) is 0 Å². The number of hydrogen-bond donors (Lipinski definition) is 1. The van der Waals surface area contributed by atoms with E-state index in [2.05, 4.69) is 0 Å². The summed E-state index contributed by atoms with van der Waals surface area (Å²) in [6.07, 6.45) is 2.77. The van der Waals surface area contributed by atoms with Gasteiger partial charge in [-0.1, -0.05) is 6.42 Å². The second kappa shape index (κ2) is 5.15. The number of aliphatic hydroxyl groups excluding tert-OH is 1. The number of nitrogens with zero attached hydrogens (tertiary/aromatic N) is 1. The lowest BCUT2D eigenvalue weighted by atomic mass is 9.95. The minimum Gasteiger partial charge on any atom is -0.488 e. The molecule has 3 nitrogen and oxygen atoms in total. The third-order valence-electron chi connectivity index (χ3n) is 3.02.